The van der Waals surface area contributed by atoms with Gasteiger partial charge in [-0.3, -0.25) is 9.79 Å². The summed E-state index contributed by atoms with van der Waals surface area (Å²) in [5, 5.41) is 2.41. The van der Waals surface area contributed by atoms with Gasteiger partial charge in [0.05, 0.1) is 16.0 Å². The molecule has 0 spiro atoms. The van der Waals surface area contributed by atoms with Crippen LogP contribution in [-0.2, 0) is 4.79 Å². The van der Waals surface area contributed by atoms with Crippen LogP contribution in [-0.4, -0.2) is 18.5 Å². The van der Waals surface area contributed by atoms with Gasteiger partial charge in [-0.2, -0.15) is 0 Å². The molecule has 5 nitrogen and oxygen atoms in total. The topological polar surface area (TPSA) is 90.7 Å². The number of esters is 1. The third kappa shape index (κ3) is 5.18. The molecule has 2 aromatic rings. The minimum atomic E-state index is -0.250. The van der Waals surface area contributed by atoms with Crippen molar-refractivity contribution in [3.8, 4) is 5.75 Å². The molecule has 0 atom stereocenters. The Morgan fingerprint density at radius 2 is 1.70 bits per heavy atom. The molecule has 0 aromatic heterocycles. The van der Waals surface area contributed by atoms with Gasteiger partial charge in [-0.1, -0.05) is 47.5 Å². The van der Waals surface area contributed by atoms with Crippen molar-refractivity contribution < 1.29 is 9.53 Å². The van der Waals surface area contributed by atoms with Gasteiger partial charge in [-0.05, 0) is 37.7 Å². The van der Waals surface area contributed by atoms with E-state index in [9.17, 15) is 4.79 Å². The quantitative estimate of drug-likeness (QED) is 0.322. The molecule has 0 aliphatic heterocycles. The van der Waals surface area contributed by atoms with E-state index >= 15 is 0 Å². The molecule has 0 unspecified atom stereocenters. The minimum Gasteiger partial charge on any atom is -0.424 e. The number of nitrogens with two attached hydrogens (primary N) is 2. The zero-order chi connectivity index (χ0) is 18.7. The fourth-order valence-electron chi connectivity index (χ4n) is 3.38. The third-order valence-electron chi connectivity index (χ3n) is 4.81. The van der Waals surface area contributed by atoms with Crippen LogP contribution in [0.3, 0.4) is 0 Å². The van der Waals surface area contributed by atoms with E-state index in [1.165, 1.54) is 0 Å². The molecule has 146 valence electrons. The normalized spacial score (nSPS) is 19.2. The molecule has 8 heteroatoms. The van der Waals surface area contributed by atoms with Gasteiger partial charge in [-0.25, -0.2) is 0 Å². The van der Waals surface area contributed by atoms with Gasteiger partial charge in [0, 0.05) is 17.3 Å². The lowest BCUT2D eigenvalue weighted by molar-refractivity contribution is -0.140. The van der Waals surface area contributed by atoms with Gasteiger partial charge in [-0.15, -0.1) is 12.4 Å². The molecule has 1 aliphatic carbocycles. The summed E-state index contributed by atoms with van der Waals surface area (Å²) in [4.78, 5) is 16.7. The summed E-state index contributed by atoms with van der Waals surface area (Å²) >= 11 is 12.5. The summed E-state index contributed by atoms with van der Waals surface area (Å²) in [5.41, 5.74) is 10.7. The lowest BCUT2D eigenvalue weighted by atomic mass is 9.82. The van der Waals surface area contributed by atoms with E-state index in [2.05, 4.69) is 4.99 Å². The number of carbonyl (C=O) groups excluding carboxylic acids is 1. The molecule has 27 heavy (non-hydrogen) atoms. The van der Waals surface area contributed by atoms with Crippen LogP contribution in [0.5, 0.6) is 5.75 Å². The van der Waals surface area contributed by atoms with Crippen LogP contribution in [0, 0.1) is 11.8 Å². The van der Waals surface area contributed by atoms with Gasteiger partial charge in [0.25, 0.3) is 0 Å². The highest BCUT2D eigenvalue weighted by Crippen LogP contribution is 2.39. The highest BCUT2D eigenvalue weighted by atomic mass is 35.5. The predicted octanol–water partition coefficient (Wildman–Crippen LogP) is 4.55. The first-order valence-electron chi connectivity index (χ1n) is 8.59. The lowest BCUT2D eigenvalue weighted by Gasteiger charge is -2.26. The van der Waals surface area contributed by atoms with E-state index < -0.39 is 0 Å². The summed E-state index contributed by atoms with van der Waals surface area (Å²) in [6.45, 7) is 0.609. The number of hydrogen-bond donors (Lipinski definition) is 2. The molecule has 0 saturated heterocycles. The van der Waals surface area contributed by atoms with Crippen molar-refractivity contribution in [3.05, 3.63) is 40.4 Å². The molecule has 0 radical (unpaired) electrons. The SMILES string of the molecule is Cl.NC(N)=NCC1CCC(C(=O)Oc2c(Cl)cc(Cl)c3ccccc23)CC1. The van der Waals surface area contributed by atoms with Crippen molar-refractivity contribution >= 4 is 58.3 Å². The van der Waals surface area contributed by atoms with E-state index in [0.29, 0.717) is 28.3 Å². The Hall–Kier alpha value is -1.69. The highest BCUT2D eigenvalue weighted by Gasteiger charge is 2.28. The second-order valence-electron chi connectivity index (χ2n) is 6.62. The maximum atomic E-state index is 12.6. The van der Waals surface area contributed by atoms with E-state index in [1.807, 2.05) is 24.3 Å². The van der Waals surface area contributed by atoms with Gasteiger partial charge >= 0.3 is 5.97 Å². The van der Waals surface area contributed by atoms with Gasteiger partial charge in [0.1, 0.15) is 0 Å². The van der Waals surface area contributed by atoms with Crippen LogP contribution in [0.15, 0.2) is 35.3 Å². The van der Waals surface area contributed by atoms with Crippen LogP contribution in [0.4, 0.5) is 0 Å². The smallest absolute Gasteiger partial charge is 0.314 e. The number of carbonyl (C=O) groups is 1. The average Bonchev–Trinajstić information content (AvgIpc) is 2.63. The number of hydrogen-bond acceptors (Lipinski definition) is 3. The van der Waals surface area contributed by atoms with Crippen LogP contribution >= 0.6 is 35.6 Å². The van der Waals surface area contributed by atoms with Gasteiger partial charge in [0.2, 0.25) is 0 Å². The molecule has 0 amide bonds. The number of guanidine groups is 1. The monoisotopic (exact) mass is 429 g/mol. The number of aliphatic imine (C=N–C) groups is 1. The van der Waals surface area contributed by atoms with Crippen molar-refractivity contribution in [3.63, 3.8) is 0 Å². The summed E-state index contributed by atoms with van der Waals surface area (Å²) < 4.78 is 5.69. The number of fused-ring (bicyclic) bond motifs is 1. The number of nitrogens with zero attached hydrogens (tertiary/aromatic N) is 1. The summed E-state index contributed by atoms with van der Waals surface area (Å²) in [5.74, 6) is 0.492. The molecule has 0 heterocycles. The van der Waals surface area contributed by atoms with Crippen LogP contribution < -0.4 is 16.2 Å². The number of ether oxygens (including phenoxy) is 1. The molecule has 4 N–H and O–H groups in total. The minimum absolute atomic E-state index is 0. The largest absolute Gasteiger partial charge is 0.424 e. The van der Waals surface area contributed by atoms with E-state index in [1.54, 1.807) is 6.07 Å². The Kier molecular flexibility index (Phi) is 7.59. The summed E-state index contributed by atoms with van der Waals surface area (Å²) in [7, 11) is 0. The first-order valence-corrected chi connectivity index (χ1v) is 9.35. The zero-order valence-electron chi connectivity index (χ0n) is 14.7. The first-order chi connectivity index (χ1) is 12.5. The molecule has 0 bridgehead atoms. The second kappa shape index (κ2) is 9.49. The number of rotatable bonds is 4. The fourth-order valence-corrected chi connectivity index (χ4v) is 3.95. The summed E-state index contributed by atoms with van der Waals surface area (Å²) in [6, 6.07) is 9.08. The summed E-state index contributed by atoms with van der Waals surface area (Å²) in [6.07, 6.45) is 3.30. The van der Waals surface area contributed by atoms with Crippen molar-refractivity contribution in [2.24, 2.45) is 28.3 Å². The lowest BCUT2D eigenvalue weighted by Crippen LogP contribution is -2.28. The standard InChI is InChI=1S/C19H21Cl2N3O2.ClH/c20-15-9-16(21)17(14-4-2-1-3-13(14)15)26-18(25)12-7-5-11(6-8-12)10-24-19(22)23;/h1-4,9,11-12H,5-8,10H2,(H4,22,23,24);1H. The molecular weight excluding hydrogens is 409 g/mol. The fraction of sp³-hybridized carbons (Fsp3) is 0.368. The molecule has 1 fully saturated rings. The van der Waals surface area contributed by atoms with Crippen molar-refractivity contribution in [1.82, 2.24) is 0 Å². The highest BCUT2D eigenvalue weighted by molar-refractivity contribution is 6.40. The van der Waals surface area contributed by atoms with Gasteiger partial charge < -0.3 is 16.2 Å². The van der Waals surface area contributed by atoms with Crippen LogP contribution in [0.2, 0.25) is 10.0 Å². The molecular formula is C19H22Cl3N3O2. The maximum absolute atomic E-state index is 12.6. The second-order valence-corrected chi connectivity index (χ2v) is 7.43. The molecule has 2 aromatic carbocycles. The Morgan fingerprint density at radius 3 is 2.33 bits per heavy atom. The molecule has 3 rings (SSSR count). The van der Waals surface area contributed by atoms with E-state index in [4.69, 9.17) is 39.4 Å². The molecule has 1 saturated carbocycles. The number of halogens is 3. The van der Waals surface area contributed by atoms with E-state index in [0.717, 1.165) is 36.5 Å². The molecule has 1 aliphatic rings. The number of benzene rings is 2. The van der Waals surface area contributed by atoms with Gasteiger partial charge in [0.15, 0.2) is 11.7 Å². The Morgan fingerprint density at radius 1 is 1.07 bits per heavy atom. The predicted molar refractivity (Wildman–Crippen MR) is 113 cm³/mol. The third-order valence-corrected chi connectivity index (χ3v) is 5.41. The van der Waals surface area contributed by atoms with Crippen LogP contribution in [0.1, 0.15) is 25.7 Å². The Balaban J connectivity index is 0.00000261. The van der Waals surface area contributed by atoms with Crippen LogP contribution in [0.25, 0.3) is 10.8 Å². The maximum Gasteiger partial charge on any atom is 0.314 e. The van der Waals surface area contributed by atoms with Crippen molar-refractivity contribution in [2.75, 3.05) is 6.54 Å². The van der Waals surface area contributed by atoms with E-state index in [-0.39, 0.29) is 30.3 Å². The Bertz CT molecular complexity index is 845. The average molecular weight is 431 g/mol. The first kappa shape index (κ1) is 21.6. The Labute approximate surface area is 174 Å². The van der Waals surface area contributed by atoms with Crippen molar-refractivity contribution in [2.45, 2.75) is 25.7 Å². The zero-order valence-corrected chi connectivity index (χ0v) is 17.0. The van der Waals surface area contributed by atoms with Crippen molar-refractivity contribution in [1.29, 1.82) is 0 Å².